The summed E-state index contributed by atoms with van der Waals surface area (Å²) in [6, 6.07) is 7.30. The molecular weight excluding hydrogens is 300 g/mol. The van der Waals surface area contributed by atoms with E-state index in [0.29, 0.717) is 29.8 Å². The molecule has 0 spiro atoms. The van der Waals surface area contributed by atoms with E-state index in [1.165, 1.54) is 31.4 Å². The molecule has 1 aromatic heterocycles. The number of methoxy groups -OCH3 is 1. The Kier molecular flexibility index (Phi) is 3.69. The van der Waals surface area contributed by atoms with Crippen molar-refractivity contribution in [3.05, 3.63) is 62.1 Å². The lowest BCUT2D eigenvalue weighted by atomic mass is 10.0. The Morgan fingerprint density at radius 3 is 2.83 bits per heavy atom. The van der Waals surface area contributed by atoms with Crippen molar-refractivity contribution in [1.29, 1.82) is 0 Å². The van der Waals surface area contributed by atoms with Gasteiger partial charge in [0, 0.05) is 29.9 Å². The van der Waals surface area contributed by atoms with Crippen molar-refractivity contribution in [1.82, 2.24) is 4.57 Å². The summed E-state index contributed by atoms with van der Waals surface area (Å²) in [5, 5.41) is 10.9. The second kappa shape index (κ2) is 5.68. The van der Waals surface area contributed by atoms with Gasteiger partial charge in [0.05, 0.1) is 17.6 Å². The molecule has 1 aliphatic heterocycles. The first-order valence-electron chi connectivity index (χ1n) is 7.13. The van der Waals surface area contributed by atoms with E-state index in [1.807, 2.05) is 0 Å². The van der Waals surface area contributed by atoms with Crippen molar-refractivity contribution >= 4 is 11.7 Å². The van der Waals surface area contributed by atoms with Crippen molar-refractivity contribution < 1.29 is 14.5 Å². The third kappa shape index (κ3) is 2.50. The SMILES string of the molecule is COC(=O)c1cc(-c2cccc([N+](=O)[O-])c2)c(=O)n2c1CCC2. The number of carbonyl (C=O) groups is 1. The molecule has 0 aliphatic carbocycles. The van der Waals surface area contributed by atoms with E-state index < -0.39 is 10.9 Å². The molecule has 0 fully saturated rings. The quantitative estimate of drug-likeness (QED) is 0.492. The molecule has 0 saturated carbocycles. The third-order valence-electron chi connectivity index (χ3n) is 3.97. The van der Waals surface area contributed by atoms with Crippen LogP contribution in [0.15, 0.2) is 35.1 Å². The molecule has 0 amide bonds. The summed E-state index contributed by atoms with van der Waals surface area (Å²) in [7, 11) is 1.28. The number of fused-ring (bicyclic) bond motifs is 1. The third-order valence-corrected chi connectivity index (χ3v) is 3.97. The number of nitrogens with zero attached hydrogens (tertiary/aromatic N) is 2. The summed E-state index contributed by atoms with van der Waals surface area (Å²) in [6.45, 7) is 0.529. The van der Waals surface area contributed by atoms with Crippen LogP contribution < -0.4 is 5.56 Å². The highest BCUT2D eigenvalue weighted by Gasteiger charge is 2.24. The zero-order valence-electron chi connectivity index (χ0n) is 12.4. The highest BCUT2D eigenvalue weighted by Crippen LogP contribution is 2.26. The lowest BCUT2D eigenvalue weighted by Crippen LogP contribution is -2.24. The van der Waals surface area contributed by atoms with Gasteiger partial charge in [-0.1, -0.05) is 12.1 Å². The Hall–Kier alpha value is -2.96. The molecule has 2 aromatic rings. The number of non-ortho nitro benzene ring substituents is 1. The van der Waals surface area contributed by atoms with Crippen molar-refractivity contribution in [2.45, 2.75) is 19.4 Å². The molecule has 3 rings (SSSR count). The van der Waals surface area contributed by atoms with Gasteiger partial charge in [0.1, 0.15) is 0 Å². The minimum Gasteiger partial charge on any atom is -0.465 e. The molecule has 0 unspecified atom stereocenters. The molecule has 1 aromatic carbocycles. The van der Waals surface area contributed by atoms with E-state index in [9.17, 15) is 19.7 Å². The first-order chi connectivity index (χ1) is 11.0. The summed E-state index contributed by atoms with van der Waals surface area (Å²) in [5.41, 5.74) is 1.33. The number of hydrogen-bond acceptors (Lipinski definition) is 5. The summed E-state index contributed by atoms with van der Waals surface area (Å²) in [4.78, 5) is 35.1. The van der Waals surface area contributed by atoms with Gasteiger partial charge in [-0.3, -0.25) is 14.9 Å². The van der Waals surface area contributed by atoms with E-state index in [4.69, 9.17) is 4.74 Å². The van der Waals surface area contributed by atoms with Crippen molar-refractivity contribution in [2.24, 2.45) is 0 Å². The van der Waals surface area contributed by atoms with Crippen LogP contribution in [0.25, 0.3) is 11.1 Å². The zero-order valence-corrected chi connectivity index (χ0v) is 12.4. The molecular formula is C16H14N2O5. The highest BCUT2D eigenvalue weighted by molar-refractivity contribution is 5.92. The second-order valence-corrected chi connectivity index (χ2v) is 5.28. The van der Waals surface area contributed by atoms with Gasteiger partial charge < -0.3 is 9.30 Å². The first-order valence-corrected chi connectivity index (χ1v) is 7.13. The predicted octanol–water partition coefficient (Wildman–Crippen LogP) is 2.16. The van der Waals surface area contributed by atoms with Gasteiger partial charge in [-0.2, -0.15) is 0 Å². The molecule has 2 heterocycles. The molecule has 0 N–H and O–H groups in total. The molecule has 0 atom stereocenters. The number of benzene rings is 1. The highest BCUT2D eigenvalue weighted by atomic mass is 16.6. The molecule has 1 aliphatic rings. The number of pyridine rings is 1. The van der Waals surface area contributed by atoms with Crippen LogP contribution in [0.2, 0.25) is 0 Å². The fraction of sp³-hybridized carbons (Fsp3) is 0.250. The maximum Gasteiger partial charge on any atom is 0.339 e. The first kappa shape index (κ1) is 15.0. The maximum absolute atomic E-state index is 12.6. The van der Waals surface area contributed by atoms with Crippen LogP contribution in [0.5, 0.6) is 0 Å². The molecule has 0 bridgehead atoms. The van der Waals surface area contributed by atoms with Crippen LogP contribution in [0.4, 0.5) is 5.69 Å². The topological polar surface area (TPSA) is 91.4 Å². The van der Waals surface area contributed by atoms with E-state index >= 15 is 0 Å². The van der Waals surface area contributed by atoms with Crippen LogP contribution >= 0.6 is 0 Å². The lowest BCUT2D eigenvalue weighted by Gasteiger charge is -2.11. The van der Waals surface area contributed by atoms with Crippen molar-refractivity contribution in [3.8, 4) is 11.1 Å². The van der Waals surface area contributed by atoms with E-state index in [2.05, 4.69) is 0 Å². The van der Waals surface area contributed by atoms with Gasteiger partial charge in [-0.15, -0.1) is 0 Å². The molecule has 23 heavy (non-hydrogen) atoms. The van der Waals surface area contributed by atoms with Crippen LogP contribution in [-0.2, 0) is 17.7 Å². The van der Waals surface area contributed by atoms with Gasteiger partial charge in [0.25, 0.3) is 11.2 Å². The number of aromatic nitrogens is 1. The predicted molar refractivity (Wildman–Crippen MR) is 82.5 cm³/mol. The number of carbonyl (C=O) groups excluding carboxylic acids is 1. The largest absolute Gasteiger partial charge is 0.465 e. The van der Waals surface area contributed by atoms with Gasteiger partial charge in [0.15, 0.2) is 0 Å². The Labute approximate surface area is 131 Å². The number of nitro groups is 1. The second-order valence-electron chi connectivity index (χ2n) is 5.28. The zero-order chi connectivity index (χ0) is 16.6. The Bertz CT molecular complexity index is 869. The average Bonchev–Trinajstić information content (AvgIpc) is 3.05. The van der Waals surface area contributed by atoms with Crippen molar-refractivity contribution in [2.75, 3.05) is 7.11 Å². The molecule has 0 radical (unpaired) electrons. The van der Waals surface area contributed by atoms with Gasteiger partial charge >= 0.3 is 5.97 Å². The Balaban J connectivity index is 2.24. The number of ether oxygens (including phenoxy) is 1. The van der Waals surface area contributed by atoms with Gasteiger partial charge in [0.2, 0.25) is 0 Å². The molecule has 0 saturated heterocycles. The minimum absolute atomic E-state index is 0.105. The minimum atomic E-state index is -0.518. The monoisotopic (exact) mass is 314 g/mol. The average molecular weight is 314 g/mol. The standard InChI is InChI=1S/C16H14N2O5/c1-23-16(20)13-9-12(15(19)17-7-3-6-14(13)17)10-4-2-5-11(8-10)18(21)22/h2,4-5,8-9H,3,6-7H2,1H3. The smallest absolute Gasteiger partial charge is 0.339 e. The number of esters is 1. The lowest BCUT2D eigenvalue weighted by molar-refractivity contribution is -0.384. The van der Waals surface area contributed by atoms with Crippen molar-refractivity contribution in [3.63, 3.8) is 0 Å². The van der Waals surface area contributed by atoms with Crippen LogP contribution in [0.3, 0.4) is 0 Å². The Morgan fingerprint density at radius 1 is 1.35 bits per heavy atom. The normalized spacial score (nSPS) is 12.7. The number of nitro benzene ring substituents is 1. The van der Waals surface area contributed by atoms with E-state index in [1.54, 1.807) is 10.6 Å². The van der Waals surface area contributed by atoms with E-state index in [-0.39, 0.29) is 16.8 Å². The van der Waals surface area contributed by atoms with Crippen LogP contribution in [-0.4, -0.2) is 22.6 Å². The van der Waals surface area contributed by atoms with Crippen LogP contribution in [0, 0.1) is 10.1 Å². The van der Waals surface area contributed by atoms with Gasteiger partial charge in [-0.05, 0) is 24.5 Å². The fourth-order valence-corrected chi connectivity index (χ4v) is 2.89. The Morgan fingerprint density at radius 2 is 2.13 bits per heavy atom. The molecule has 7 heteroatoms. The molecule has 7 nitrogen and oxygen atoms in total. The summed E-state index contributed by atoms with van der Waals surface area (Å²) in [5.74, 6) is -0.512. The maximum atomic E-state index is 12.6. The fourth-order valence-electron chi connectivity index (χ4n) is 2.89. The van der Waals surface area contributed by atoms with E-state index in [0.717, 1.165) is 6.42 Å². The molecule has 118 valence electrons. The number of hydrogen-bond donors (Lipinski definition) is 0. The summed E-state index contributed by atoms with van der Waals surface area (Å²) in [6.07, 6.45) is 1.41. The summed E-state index contributed by atoms with van der Waals surface area (Å²) < 4.78 is 6.35. The van der Waals surface area contributed by atoms with Gasteiger partial charge in [-0.25, -0.2) is 4.79 Å². The number of rotatable bonds is 3. The van der Waals surface area contributed by atoms with Crippen LogP contribution in [0.1, 0.15) is 22.5 Å². The summed E-state index contributed by atoms with van der Waals surface area (Å²) >= 11 is 0.